The highest BCUT2D eigenvalue weighted by atomic mass is 16.5. The molecule has 5 rings (SSSR count). The Labute approximate surface area is 226 Å². The number of nitrogens with zero attached hydrogens (tertiary/aromatic N) is 2. The fraction of sp³-hybridized carbons (Fsp3) is 0.345. The predicted molar refractivity (Wildman–Crippen MR) is 141 cm³/mol. The van der Waals surface area contributed by atoms with Gasteiger partial charge in [0.1, 0.15) is 17.2 Å². The van der Waals surface area contributed by atoms with Crippen LogP contribution in [0.25, 0.3) is 0 Å². The summed E-state index contributed by atoms with van der Waals surface area (Å²) in [6.07, 6.45) is 1.64. The molecule has 0 spiro atoms. The summed E-state index contributed by atoms with van der Waals surface area (Å²) in [7, 11) is 1.56. The fourth-order valence-corrected chi connectivity index (χ4v) is 4.81. The van der Waals surface area contributed by atoms with Crippen molar-refractivity contribution in [3.05, 3.63) is 77.7 Å². The van der Waals surface area contributed by atoms with Crippen molar-refractivity contribution in [1.29, 1.82) is 0 Å². The SMILES string of the molecule is CCOc1cc2cc(c1)C(=O)N(C)CC(=O)N[C@H]1CN(C(=O)c3ccco3)CC[C@H]1OCc1cccc(c1)O2. The standard InChI is InChI=1S/C29H31N3O7/c1-3-36-22-13-20-14-23(15-22)39-21-7-4-6-19(12-21)18-38-25-9-10-32(29(35)26-8-5-11-37-26)16-24(25)30-27(33)17-31(2)28(20)34/h4-8,11-15,24-25H,3,9-10,16-18H2,1-2H3,(H,30,33)/t24-,25+/m0/s1. The van der Waals surface area contributed by atoms with E-state index in [0.29, 0.717) is 49.0 Å². The van der Waals surface area contributed by atoms with Gasteiger partial charge in [0, 0.05) is 31.8 Å². The van der Waals surface area contributed by atoms with E-state index in [-0.39, 0.29) is 42.7 Å². The fourth-order valence-electron chi connectivity index (χ4n) is 4.81. The zero-order chi connectivity index (χ0) is 27.4. The van der Waals surface area contributed by atoms with E-state index in [1.807, 2.05) is 31.2 Å². The molecule has 1 fully saturated rings. The first-order valence-electron chi connectivity index (χ1n) is 12.9. The molecule has 10 nitrogen and oxygen atoms in total. The first-order chi connectivity index (χ1) is 18.9. The van der Waals surface area contributed by atoms with Gasteiger partial charge in [-0.25, -0.2) is 0 Å². The third-order valence-electron chi connectivity index (χ3n) is 6.68. The van der Waals surface area contributed by atoms with Crippen LogP contribution in [0.4, 0.5) is 0 Å². The molecule has 10 heteroatoms. The van der Waals surface area contributed by atoms with E-state index in [1.54, 1.807) is 42.3 Å². The van der Waals surface area contributed by atoms with Gasteiger partial charge in [0.25, 0.3) is 11.8 Å². The summed E-state index contributed by atoms with van der Waals surface area (Å²) in [5, 5.41) is 3.00. The number of hydrogen-bond acceptors (Lipinski definition) is 7. The number of carbonyl (C=O) groups is 3. The second kappa shape index (κ2) is 11.6. The first-order valence-corrected chi connectivity index (χ1v) is 12.9. The molecule has 0 aliphatic carbocycles. The number of furan rings is 1. The molecule has 1 N–H and O–H groups in total. The number of nitrogens with one attached hydrogen (secondary N) is 1. The molecule has 39 heavy (non-hydrogen) atoms. The Morgan fingerprint density at radius 1 is 1.10 bits per heavy atom. The van der Waals surface area contributed by atoms with Crippen molar-refractivity contribution < 1.29 is 33.0 Å². The zero-order valence-corrected chi connectivity index (χ0v) is 21.9. The summed E-state index contributed by atoms with van der Waals surface area (Å²) < 4.78 is 23.3. The van der Waals surface area contributed by atoms with Crippen molar-refractivity contribution in [1.82, 2.24) is 15.1 Å². The molecule has 3 heterocycles. The lowest BCUT2D eigenvalue weighted by Gasteiger charge is -2.38. The van der Waals surface area contributed by atoms with Gasteiger partial charge in [-0.05, 0) is 55.3 Å². The third-order valence-corrected chi connectivity index (χ3v) is 6.68. The molecule has 3 amide bonds. The minimum atomic E-state index is -0.478. The number of piperidine rings is 1. The topological polar surface area (TPSA) is 111 Å². The summed E-state index contributed by atoms with van der Waals surface area (Å²) >= 11 is 0. The molecule has 3 aromatic rings. The lowest BCUT2D eigenvalue weighted by Crippen LogP contribution is -2.58. The maximum atomic E-state index is 13.3. The molecule has 2 aliphatic rings. The normalized spacial score (nSPS) is 20.1. The van der Waals surface area contributed by atoms with Crippen LogP contribution in [-0.4, -0.2) is 73.0 Å². The smallest absolute Gasteiger partial charge is 0.289 e. The lowest BCUT2D eigenvalue weighted by molar-refractivity contribution is -0.124. The molecular weight excluding hydrogens is 502 g/mol. The number of amides is 3. The molecule has 2 aliphatic heterocycles. The maximum Gasteiger partial charge on any atom is 0.289 e. The van der Waals surface area contributed by atoms with E-state index in [9.17, 15) is 14.4 Å². The van der Waals surface area contributed by atoms with Gasteiger partial charge in [-0.15, -0.1) is 0 Å². The van der Waals surface area contributed by atoms with Crippen molar-refractivity contribution in [3.8, 4) is 17.2 Å². The van der Waals surface area contributed by atoms with Crippen LogP contribution in [0.1, 0.15) is 39.8 Å². The quantitative estimate of drug-likeness (QED) is 0.549. The van der Waals surface area contributed by atoms with Gasteiger partial charge < -0.3 is 33.7 Å². The van der Waals surface area contributed by atoms with Crippen LogP contribution in [0.5, 0.6) is 17.2 Å². The summed E-state index contributed by atoms with van der Waals surface area (Å²) in [6.45, 7) is 3.09. The Hall–Kier alpha value is -4.31. The number of ether oxygens (including phenoxy) is 3. The molecule has 2 atom stereocenters. The average molecular weight is 534 g/mol. The number of likely N-dealkylation sites (N-methyl/N-ethyl adjacent to an activating group) is 1. The van der Waals surface area contributed by atoms with Gasteiger partial charge >= 0.3 is 0 Å². The van der Waals surface area contributed by atoms with Crippen LogP contribution in [-0.2, 0) is 16.1 Å². The van der Waals surface area contributed by atoms with Crippen molar-refractivity contribution in [2.24, 2.45) is 0 Å². The van der Waals surface area contributed by atoms with Crippen LogP contribution in [0.2, 0.25) is 0 Å². The predicted octanol–water partition coefficient (Wildman–Crippen LogP) is 3.47. The van der Waals surface area contributed by atoms with Crippen molar-refractivity contribution in [2.75, 3.05) is 33.3 Å². The molecule has 0 saturated carbocycles. The van der Waals surface area contributed by atoms with E-state index < -0.39 is 6.04 Å². The van der Waals surface area contributed by atoms with E-state index in [4.69, 9.17) is 18.6 Å². The van der Waals surface area contributed by atoms with E-state index in [0.717, 1.165) is 5.56 Å². The van der Waals surface area contributed by atoms with Gasteiger partial charge in [-0.3, -0.25) is 14.4 Å². The second-order valence-corrected chi connectivity index (χ2v) is 9.58. The molecule has 204 valence electrons. The maximum absolute atomic E-state index is 13.3. The third kappa shape index (κ3) is 6.23. The average Bonchev–Trinajstić information content (AvgIpc) is 3.46. The second-order valence-electron chi connectivity index (χ2n) is 9.58. The summed E-state index contributed by atoms with van der Waals surface area (Å²) in [6, 6.07) is 15.3. The summed E-state index contributed by atoms with van der Waals surface area (Å²) in [5.41, 5.74) is 1.22. The van der Waals surface area contributed by atoms with E-state index in [1.165, 1.54) is 11.2 Å². The Kier molecular flexibility index (Phi) is 7.83. The van der Waals surface area contributed by atoms with Crippen LogP contribution in [0.3, 0.4) is 0 Å². The molecular formula is C29H31N3O7. The highest BCUT2D eigenvalue weighted by Gasteiger charge is 2.34. The van der Waals surface area contributed by atoms with Crippen molar-refractivity contribution in [2.45, 2.75) is 32.1 Å². The Morgan fingerprint density at radius 3 is 2.77 bits per heavy atom. The zero-order valence-electron chi connectivity index (χ0n) is 21.9. The van der Waals surface area contributed by atoms with Crippen LogP contribution in [0, 0.1) is 0 Å². The molecule has 0 unspecified atom stereocenters. The minimum Gasteiger partial charge on any atom is -0.494 e. The molecule has 1 aromatic heterocycles. The van der Waals surface area contributed by atoms with Crippen molar-refractivity contribution in [3.63, 3.8) is 0 Å². The minimum absolute atomic E-state index is 0.178. The number of fused-ring (bicyclic) bond motifs is 5. The summed E-state index contributed by atoms with van der Waals surface area (Å²) in [5.74, 6) is 0.801. The monoisotopic (exact) mass is 533 g/mol. The van der Waals surface area contributed by atoms with Crippen LogP contribution >= 0.6 is 0 Å². The molecule has 1 saturated heterocycles. The molecule has 2 aromatic carbocycles. The number of carbonyl (C=O) groups excluding carboxylic acids is 3. The number of benzene rings is 2. The van der Waals surface area contributed by atoms with Gasteiger partial charge in [0.05, 0.1) is 38.2 Å². The Morgan fingerprint density at radius 2 is 1.97 bits per heavy atom. The van der Waals surface area contributed by atoms with Gasteiger partial charge in [0.2, 0.25) is 5.91 Å². The lowest BCUT2D eigenvalue weighted by atomic mass is 10.0. The van der Waals surface area contributed by atoms with Gasteiger partial charge in [0.15, 0.2) is 5.76 Å². The van der Waals surface area contributed by atoms with Crippen molar-refractivity contribution >= 4 is 17.7 Å². The van der Waals surface area contributed by atoms with Gasteiger partial charge in [-0.1, -0.05) is 12.1 Å². The largest absolute Gasteiger partial charge is 0.494 e. The van der Waals surface area contributed by atoms with E-state index >= 15 is 0 Å². The van der Waals surface area contributed by atoms with Crippen LogP contribution < -0.4 is 14.8 Å². The summed E-state index contributed by atoms with van der Waals surface area (Å²) in [4.78, 5) is 42.3. The highest BCUT2D eigenvalue weighted by molar-refractivity contribution is 5.97. The number of rotatable bonds is 3. The first kappa shape index (κ1) is 26.3. The van der Waals surface area contributed by atoms with E-state index in [2.05, 4.69) is 5.32 Å². The Balaban J connectivity index is 1.43. The van der Waals surface area contributed by atoms with Gasteiger partial charge in [-0.2, -0.15) is 0 Å². The number of hydrogen-bond donors (Lipinski definition) is 1. The Bertz CT molecular complexity index is 1340. The molecule has 4 bridgehead atoms. The molecule has 0 radical (unpaired) electrons. The highest BCUT2D eigenvalue weighted by Crippen LogP contribution is 2.29. The number of likely N-dealkylation sites (tertiary alicyclic amines) is 1. The van der Waals surface area contributed by atoms with Crippen LogP contribution in [0.15, 0.2) is 65.3 Å².